The number of carbonyl (C=O) groups excluding carboxylic acids is 2. The molecule has 0 aliphatic carbocycles. The molecule has 9 heteroatoms. The summed E-state index contributed by atoms with van der Waals surface area (Å²) in [6.45, 7) is 6.30. The van der Waals surface area contributed by atoms with Crippen LogP contribution in [-0.2, 0) is 21.4 Å². The number of aryl methyl sites for hydroxylation is 2. The number of rotatable bonds is 7. The van der Waals surface area contributed by atoms with E-state index >= 15 is 0 Å². The lowest BCUT2D eigenvalue weighted by Gasteiger charge is -2.15. The third-order valence-electron chi connectivity index (χ3n) is 4.23. The second-order valence-corrected chi connectivity index (χ2v) is 8.30. The summed E-state index contributed by atoms with van der Waals surface area (Å²) in [5, 5.41) is 2.57. The van der Waals surface area contributed by atoms with Crippen LogP contribution in [0.4, 0.5) is 0 Å². The van der Waals surface area contributed by atoms with Crippen LogP contribution in [0.15, 0.2) is 40.0 Å². The summed E-state index contributed by atoms with van der Waals surface area (Å²) in [4.78, 5) is 38.1. The minimum Gasteiger partial charge on any atom is -0.350 e. The first-order valence-electron chi connectivity index (χ1n) is 8.61. The van der Waals surface area contributed by atoms with Gasteiger partial charge in [0.2, 0.25) is 15.9 Å². The van der Waals surface area contributed by atoms with Gasteiger partial charge in [-0.15, -0.1) is 0 Å². The van der Waals surface area contributed by atoms with Crippen molar-refractivity contribution in [1.82, 2.24) is 15.0 Å². The summed E-state index contributed by atoms with van der Waals surface area (Å²) in [5.74, 6) is -0.741. The summed E-state index contributed by atoms with van der Waals surface area (Å²) in [5.41, 5.74) is 1.96. The first kappa shape index (κ1) is 21.5. The number of hydrogen-bond acceptors (Lipinski definition) is 5. The molecule has 2 aromatic rings. The Labute approximate surface area is 163 Å². The van der Waals surface area contributed by atoms with Gasteiger partial charge in [0.15, 0.2) is 5.78 Å². The molecule has 1 heterocycles. The Hall–Kier alpha value is -2.78. The molecule has 150 valence electrons. The van der Waals surface area contributed by atoms with Crippen molar-refractivity contribution in [2.45, 2.75) is 45.2 Å². The number of benzene rings is 1. The van der Waals surface area contributed by atoms with E-state index in [1.54, 1.807) is 19.9 Å². The van der Waals surface area contributed by atoms with Crippen molar-refractivity contribution in [3.05, 3.63) is 63.1 Å². The van der Waals surface area contributed by atoms with Crippen LogP contribution in [0.3, 0.4) is 0 Å². The zero-order valence-corrected chi connectivity index (χ0v) is 16.9. The van der Waals surface area contributed by atoms with Crippen molar-refractivity contribution < 1.29 is 18.0 Å². The molecule has 8 nitrogen and oxygen atoms in total. The molecular weight excluding hydrogens is 382 g/mol. The predicted octanol–water partition coefficient (Wildman–Crippen LogP) is 1.18. The van der Waals surface area contributed by atoms with Crippen LogP contribution in [0.5, 0.6) is 0 Å². The highest BCUT2D eigenvalue weighted by molar-refractivity contribution is 7.89. The zero-order valence-electron chi connectivity index (χ0n) is 16.1. The molecule has 0 saturated carbocycles. The Morgan fingerprint density at radius 3 is 2.29 bits per heavy atom. The molecule has 0 unspecified atom stereocenters. The first-order valence-corrected chi connectivity index (χ1v) is 10.1. The lowest BCUT2D eigenvalue weighted by atomic mass is 10.1. The summed E-state index contributed by atoms with van der Waals surface area (Å²) >= 11 is 0. The molecule has 0 fully saturated rings. The van der Waals surface area contributed by atoms with E-state index in [0.29, 0.717) is 11.1 Å². The van der Waals surface area contributed by atoms with Crippen molar-refractivity contribution in [2.75, 3.05) is 0 Å². The highest BCUT2D eigenvalue weighted by atomic mass is 32.2. The van der Waals surface area contributed by atoms with Crippen molar-refractivity contribution >= 4 is 21.7 Å². The maximum Gasteiger partial charge on any atom is 0.253 e. The quantitative estimate of drug-likeness (QED) is 0.597. The van der Waals surface area contributed by atoms with Crippen molar-refractivity contribution in [3.63, 3.8) is 0 Å². The maximum absolute atomic E-state index is 12.4. The summed E-state index contributed by atoms with van der Waals surface area (Å²) in [6, 6.07) is 6.17. The lowest BCUT2D eigenvalue weighted by Crippen LogP contribution is -2.45. The molecular formula is C19H23N3O5S. The number of nitrogens with one attached hydrogen (secondary N) is 3. The van der Waals surface area contributed by atoms with Gasteiger partial charge in [0.05, 0.1) is 10.9 Å². The van der Waals surface area contributed by atoms with E-state index in [1.165, 1.54) is 38.1 Å². The average Bonchev–Trinajstić information content (AvgIpc) is 2.60. The standard InChI is InChI=1S/C19H23N3O5S/c1-11-9-12(2)21-19(25)17(11)10-20-18(24)13(3)22-28(26,27)16-7-5-15(6-8-16)14(4)23/h5-9,13,22H,10H2,1-4H3,(H,20,24)(H,21,25)/t13-/m0/s1. The van der Waals surface area contributed by atoms with Crippen LogP contribution < -0.4 is 15.6 Å². The molecule has 0 spiro atoms. The highest BCUT2D eigenvalue weighted by Crippen LogP contribution is 2.12. The topological polar surface area (TPSA) is 125 Å². The number of pyridine rings is 1. The fraction of sp³-hybridized carbons (Fsp3) is 0.316. The Kier molecular flexibility index (Phi) is 6.52. The van der Waals surface area contributed by atoms with Gasteiger partial charge in [-0.25, -0.2) is 8.42 Å². The SMILES string of the molecule is CC(=O)c1ccc(S(=O)(=O)N[C@@H](C)C(=O)NCc2c(C)cc(C)[nH]c2=O)cc1. The smallest absolute Gasteiger partial charge is 0.253 e. The molecule has 3 N–H and O–H groups in total. The van der Waals surface area contributed by atoms with E-state index in [2.05, 4.69) is 15.0 Å². The minimum atomic E-state index is -3.94. The minimum absolute atomic E-state index is 0.0142. The molecule has 0 aliphatic rings. The second-order valence-electron chi connectivity index (χ2n) is 6.58. The summed E-state index contributed by atoms with van der Waals surface area (Å²) < 4.78 is 27.1. The van der Waals surface area contributed by atoms with E-state index in [0.717, 1.165) is 11.3 Å². The Bertz CT molecular complexity index is 1060. The van der Waals surface area contributed by atoms with E-state index in [9.17, 15) is 22.8 Å². The number of aromatic nitrogens is 1. The summed E-state index contributed by atoms with van der Waals surface area (Å²) in [7, 11) is -3.94. The third-order valence-corrected chi connectivity index (χ3v) is 5.79. The summed E-state index contributed by atoms with van der Waals surface area (Å²) in [6.07, 6.45) is 0. The Balaban J connectivity index is 2.05. The normalized spacial score (nSPS) is 12.4. The van der Waals surface area contributed by atoms with Crippen LogP contribution >= 0.6 is 0 Å². The number of ketones is 1. The van der Waals surface area contributed by atoms with Gasteiger partial charge in [0.1, 0.15) is 0 Å². The number of hydrogen-bond donors (Lipinski definition) is 3. The molecule has 0 bridgehead atoms. The van der Waals surface area contributed by atoms with Gasteiger partial charge in [-0.05, 0) is 51.5 Å². The fourth-order valence-electron chi connectivity index (χ4n) is 2.65. The molecule has 1 atom stereocenters. The third kappa shape index (κ3) is 5.14. The monoisotopic (exact) mass is 405 g/mol. The lowest BCUT2D eigenvalue weighted by molar-refractivity contribution is -0.122. The number of amides is 1. The van der Waals surface area contributed by atoms with E-state index < -0.39 is 22.0 Å². The molecule has 0 saturated heterocycles. The molecule has 0 aliphatic heterocycles. The number of H-pyrrole nitrogens is 1. The molecule has 2 rings (SSSR count). The van der Waals surface area contributed by atoms with Crippen molar-refractivity contribution in [1.29, 1.82) is 0 Å². The van der Waals surface area contributed by atoms with Crippen LogP contribution in [-0.4, -0.2) is 31.1 Å². The largest absolute Gasteiger partial charge is 0.350 e. The van der Waals surface area contributed by atoms with E-state index in [-0.39, 0.29) is 22.8 Å². The Morgan fingerprint density at radius 1 is 1.14 bits per heavy atom. The first-order chi connectivity index (χ1) is 13.0. The average molecular weight is 405 g/mol. The van der Waals surface area contributed by atoms with Gasteiger partial charge in [0, 0.05) is 23.4 Å². The van der Waals surface area contributed by atoms with Gasteiger partial charge in [-0.3, -0.25) is 14.4 Å². The van der Waals surface area contributed by atoms with Crippen molar-refractivity contribution in [2.24, 2.45) is 0 Å². The number of aromatic amines is 1. The van der Waals surface area contributed by atoms with E-state index in [4.69, 9.17) is 0 Å². The van der Waals surface area contributed by atoms with E-state index in [1.807, 2.05) is 0 Å². The molecule has 28 heavy (non-hydrogen) atoms. The number of Topliss-reactive ketones (excluding diaryl/α,β-unsaturated/α-hetero) is 1. The maximum atomic E-state index is 12.4. The number of carbonyl (C=O) groups is 2. The second kappa shape index (κ2) is 8.49. The molecule has 0 radical (unpaired) electrons. The van der Waals surface area contributed by atoms with Gasteiger partial charge < -0.3 is 10.3 Å². The van der Waals surface area contributed by atoms with Crippen LogP contribution in [0.25, 0.3) is 0 Å². The van der Waals surface area contributed by atoms with Gasteiger partial charge in [0.25, 0.3) is 5.56 Å². The van der Waals surface area contributed by atoms with Crippen LogP contribution in [0.2, 0.25) is 0 Å². The van der Waals surface area contributed by atoms with Gasteiger partial charge in [-0.2, -0.15) is 4.72 Å². The number of sulfonamides is 1. The van der Waals surface area contributed by atoms with Gasteiger partial charge in [-0.1, -0.05) is 12.1 Å². The van der Waals surface area contributed by atoms with Crippen LogP contribution in [0.1, 0.15) is 41.0 Å². The fourth-order valence-corrected chi connectivity index (χ4v) is 3.86. The van der Waals surface area contributed by atoms with Gasteiger partial charge >= 0.3 is 0 Å². The van der Waals surface area contributed by atoms with Crippen LogP contribution in [0, 0.1) is 13.8 Å². The molecule has 1 amide bonds. The highest BCUT2D eigenvalue weighted by Gasteiger charge is 2.22. The molecule has 1 aromatic carbocycles. The predicted molar refractivity (Wildman–Crippen MR) is 105 cm³/mol. The Morgan fingerprint density at radius 2 is 1.75 bits per heavy atom. The van der Waals surface area contributed by atoms with Crippen molar-refractivity contribution in [3.8, 4) is 0 Å². The zero-order chi connectivity index (χ0) is 21.1. The molecule has 1 aromatic heterocycles.